The average molecular weight is 355 g/mol. The first-order chi connectivity index (χ1) is 11.0. The van der Waals surface area contributed by atoms with Gasteiger partial charge in [0.1, 0.15) is 19.0 Å². The number of ether oxygens (including phenoxy) is 3. The highest BCUT2D eigenvalue weighted by Crippen LogP contribution is 2.29. The van der Waals surface area contributed by atoms with Crippen molar-refractivity contribution in [3.8, 4) is 17.2 Å². The van der Waals surface area contributed by atoms with Gasteiger partial charge in [0.05, 0.1) is 12.1 Å². The van der Waals surface area contributed by atoms with Crippen molar-refractivity contribution in [3.63, 3.8) is 0 Å². The molecule has 0 heterocycles. The SMILES string of the molecule is COc1cc(C(C)=O)ccc1OCCOc1cc(Cl)ccc1Cl. The van der Waals surface area contributed by atoms with Crippen molar-refractivity contribution >= 4 is 29.0 Å². The molecule has 0 fully saturated rings. The Labute approximate surface area is 144 Å². The smallest absolute Gasteiger partial charge is 0.161 e. The lowest BCUT2D eigenvalue weighted by atomic mass is 10.1. The monoisotopic (exact) mass is 354 g/mol. The van der Waals surface area contributed by atoms with E-state index in [1.165, 1.54) is 14.0 Å². The summed E-state index contributed by atoms with van der Waals surface area (Å²) < 4.78 is 16.4. The fourth-order valence-corrected chi connectivity index (χ4v) is 2.23. The first-order valence-electron chi connectivity index (χ1n) is 6.91. The predicted octanol–water partition coefficient (Wildman–Crippen LogP) is 4.66. The van der Waals surface area contributed by atoms with Crippen LogP contribution in [0.15, 0.2) is 36.4 Å². The lowest BCUT2D eigenvalue weighted by Gasteiger charge is -2.12. The van der Waals surface area contributed by atoms with Crippen molar-refractivity contribution in [2.24, 2.45) is 0 Å². The second kappa shape index (κ2) is 8.09. The van der Waals surface area contributed by atoms with Crippen LogP contribution in [-0.4, -0.2) is 26.1 Å². The molecule has 0 atom stereocenters. The van der Waals surface area contributed by atoms with E-state index in [-0.39, 0.29) is 12.4 Å². The quantitative estimate of drug-likeness (QED) is 0.535. The molecule has 0 aliphatic carbocycles. The Bertz CT molecular complexity index is 701. The van der Waals surface area contributed by atoms with Gasteiger partial charge in [0, 0.05) is 16.7 Å². The van der Waals surface area contributed by atoms with Crippen LogP contribution in [0.1, 0.15) is 17.3 Å². The van der Waals surface area contributed by atoms with Gasteiger partial charge in [-0.3, -0.25) is 4.79 Å². The first kappa shape index (κ1) is 17.4. The molecule has 4 nitrogen and oxygen atoms in total. The summed E-state index contributed by atoms with van der Waals surface area (Å²) in [5.41, 5.74) is 0.566. The van der Waals surface area contributed by atoms with Crippen molar-refractivity contribution in [2.45, 2.75) is 6.92 Å². The number of hydrogen-bond acceptors (Lipinski definition) is 4. The standard InChI is InChI=1S/C17H16Cl2O4/c1-11(20)12-3-6-15(17(9-12)21-2)22-7-8-23-16-10-13(18)4-5-14(16)19/h3-6,9-10H,7-8H2,1-2H3. The van der Waals surface area contributed by atoms with Crippen LogP contribution in [0, 0.1) is 0 Å². The lowest BCUT2D eigenvalue weighted by molar-refractivity contribution is 0.101. The number of carbonyl (C=O) groups excluding carboxylic acids is 1. The van der Waals surface area contributed by atoms with Gasteiger partial charge in [-0.25, -0.2) is 0 Å². The Morgan fingerprint density at radius 3 is 2.30 bits per heavy atom. The third kappa shape index (κ3) is 4.78. The van der Waals surface area contributed by atoms with Gasteiger partial charge in [-0.15, -0.1) is 0 Å². The van der Waals surface area contributed by atoms with E-state index in [0.29, 0.717) is 39.5 Å². The number of rotatable bonds is 7. The van der Waals surface area contributed by atoms with E-state index in [9.17, 15) is 4.79 Å². The van der Waals surface area contributed by atoms with Gasteiger partial charge in [0.15, 0.2) is 17.3 Å². The van der Waals surface area contributed by atoms with E-state index in [0.717, 1.165) is 0 Å². The van der Waals surface area contributed by atoms with Crippen molar-refractivity contribution in [2.75, 3.05) is 20.3 Å². The summed E-state index contributed by atoms with van der Waals surface area (Å²) in [6, 6.07) is 10.0. The van der Waals surface area contributed by atoms with Crippen LogP contribution in [0.2, 0.25) is 10.0 Å². The third-order valence-electron chi connectivity index (χ3n) is 3.06. The van der Waals surface area contributed by atoms with Gasteiger partial charge < -0.3 is 14.2 Å². The molecule has 2 aromatic rings. The average Bonchev–Trinajstić information content (AvgIpc) is 2.54. The van der Waals surface area contributed by atoms with E-state index < -0.39 is 0 Å². The zero-order valence-electron chi connectivity index (χ0n) is 12.8. The van der Waals surface area contributed by atoms with Crippen LogP contribution in [0.4, 0.5) is 0 Å². The van der Waals surface area contributed by atoms with Crippen molar-refractivity contribution in [1.82, 2.24) is 0 Å². The van der Waals surface area contributed by atoms with Gasteiger partial charge in [-0.1, -0.05) is 23.2 Å². The van der Waals surface area contributed by atoms with Crippen molar-refractivity contribution in [3.05, 3.63) is 52.0 Å². The van der Waals surface area contributed by atoms with Crippen LogP contribution in [0.5, 0.6) is 17.2 Å². The zero-order valence-corrected chi connectivity index (χ0v) is 14.3. The maximum absolute atomic E-state index is 11.4. The van der Waals surface area contributed by atoms with E-state index in [2.05, 4.69) is 0 Å². The number of ketones is 1. The molecule has 0 radical (unpaired) electrons. The molecule has 0 N–H and O–H groups in total. The maximum Gasteiger partial charge on any atom is 0.161 e. The summed E-state index contributed by atoms with van der Waals surface area (Å²) in [4.78, 5) is 11.4. The molecule has 0 aliphatic heterocycles. The Balaban J connectivity index is 1.93. The summed E-state index contributed by atoms with van der Waals surface area (Å²) in [5.74, 6) is 1.51. The van der Waals surface area contributed by atoms with Crippen molar-refractivity contribution < 1.29 is 19.0 Å². The molecule has 0 aliphatic rings. The number of methoxy groups -OCH3 is 1. The molecule has 0 aromatic heterocycles. The minimum absolute atomic E-state index is 0.0335. The normalized spacial score (nSPS) is 10.3. The Morgan fingerprint density at radius 1 is 0.957 bits per heavy atom. The summed E-state index contributed by atoms with van der Waals surface area (Å²) in [5, 5.41) is 1.03. The van der Waals surface area contributed by atoms with E-state index >= 15 is 0 Å². The molecular formula is C17H16Cl2O4. The fraction of sp³-hybridized carbons (Fsp3) is 0.235. The molecule has 122 valence electrons. The topological polar surface area (TPSA) is 44.8 Å². The third-order valence-corrected chi connectivity index (χ3v) is 3.61. The fourth-order valence-electron chi connectivity index (χ4n) is 1.90. The molecule has 6 heteroatoms. The van der Waals surface area contributed by atoms with Crippen LogP contribution in [0.25, 0.3) is 0 Å². The molecule has 0 saturated heterocycles. The number of benzene rings is 2. The number of halogens is 2. The first-order valence-corrected chi connectivity index (χ1v) is 7.66. The molecular weight excluding hydrogens is 339 g/mol. The van der Waals surface area contributed by atoms with Gasteiger partial charge in [0.25, 0.3) is 0 Å². The van der Waals surface area contributed by atoms with Gasteiger partial charge in [-0.05, 0) is 37.3 Å². The molecule has 23 heavy (non-hydrogen) atoms. The van der Waals surface area contributed by atoms with Crippen molar-refractivity contribution in [1.29, 1.82) is 0 Å². The second-order valence-corrected chi connectivity index (χ2v) is 5.54. The van der Waals surface area contributed by atoms with E-state index in [1.54, 1.807) is 36.4 Å². The van der Waals surface area contributed by atoms with E-state index in [1.807, 2.05) is 0 Å². The minimum Gasteiger partial charge on any atom is -0.493 e. The Kier molecular flexibility index (Phi) is 6.13. The molecule has 2 rings (SSSR count). The molecule has 0 saturated carbocycles. The second-order valence-electron chi connectivity index (χ2n) is 4.69. The largest absolute Gasteiger partial charge is 0.493 e. The van der Waals surface area contributed by atoms with Gasteiger partial charge in [0.2, 0.25) is 0 Å². The summed E-state index contributed by atoms with van der Waals surface area (Å²) in [6.07, 6.45) is 0. The zero-order chi connectivity index (χ0) is 16.8. The van der Waals surface area contributed by atoms with Gasteiger partial charge in [-0.2, -0.15) is 0 Å². The number of hydrogen-bond donors (Lipinski definition) is 0. The number of Topliss-reactive ketones (excluding diaryl/α,β-unsaturated/α-hetero) is 1. The molecule has 0 unspecified atom stereocenters. The Morgan fingerprint density at radius 2 is 1.65 bits per heavy atom. The highest BCUT2D eigenvalue weighted by Gasteiger charge is 2.09. The maximum atomic E-state index is 11.4. The minimum atomic E-state index is -0.0335. The van der Waals surface area contributed by atoms with Crippen LogP contribution >= 0.6 is 23.2 Å². The summed E-state index contributed by atoms with van der Waals surface area (Å²) in [6.45, 7) is 2.08. The Hall–Kier alpha value is -1.91. The molecule has 0 spiro atoms. The molecule has 2 aromatic carbocycles. The highest BCUT2D eigenvalue weighted by molar-refractivity contribution is 6.34. The highest BCUT2D eigenvalue weighted by atomic mass is 35.5. The summed E-state index contributed by atoms with van der Waals surface area (Å²) in [7, 11) is 1.52. The van der Waals surface area contributed by atoms with Crippen LogP contribution in [-0.2, 0) is 0 Å². The predicted molar refractivity (Wildman–Crippen MR) is 90.5 cm³/mol. The lowest BCUT2D eigenvalue weighted by Crippen LogP contribution is -2.10. The van der Waals surface area contributed by atoms with Crippen LogP contribution in [0.3, 0.4) is 0 Å². The van der Waals surface area contributed by atoms with Crippen LogP contribution < -0.4 is 14.2 Å². The van der Waals surface area contributed by atoms with Gasteiger partial charge >= 0.3 is 0 Å². The van der Waals surface area contributed by atoms with E-state index in [4.69, 9.17) is 37.4 Å². The number of carbonyl (C=O) groups is 1. The summed E-state index contributed by atoms with van der Waals surface area (Å²) >= 11 is 11.9. The molecule has 0 amide bonds. The molecule has 0 bridgehead atoms.